The number of hydrogen-bond acceptors (Lipinski definition) is 0. The van der Waals surface area contributed by atoms with Gasteiger partial charge in [-0.15, -0.1) is 0 Å². The van der Waals surface area contributed by atoms with E-state index in [2.05, 4.69) is 31.2 Å². The molecule has 1 aliphatic carbocycles. The third kappa shape index (κ3) is 4.70. The van der Waals surface area contributed by atoms with Crippen LogP contribution in [0.4, 0.5) is 0 Å². The zero-order valence-electron chi connectivity index (χ0n) is 5.85. The summed E-state index contributed by atoms with van der Waals surface area (Å²) in [5.41, 5.74) is 0. The number of hydrogen-bond donors (Lipinski definition) is 0. The van der Waals surface area contributed by atoms with Gasteiger partial charge in [-0.25, -0.2) is 0 Å². The summed E-state index contributed by atoms with van der Waals surface area (Å²) in [5.74, 6) is 0. The maximum absolute atomic E-state index is 2.34. The van der Waals surface area contributed by atoms with Gasteiger partial charge in [-0.2, -0.15) is 0 Å². The minimum atomic E-state index is -0.211. The molecule has 0 radical (unpaired) electrons. The first kappa shape index (κ1) is 13.5. The maximum atomic E-state index is 2.34. The second-order valence-corrected chi connectivity index (χ2v) is 8.26. The van der Waals surface area contributed by atoms with Crippen molar-refractivity contribution in [1.82, 2.24) is 0 Å². The van der Waals surface area contributed by atoms with E-state index in [4.69, 9.17) is 0 Å². The fourth-order valence-corrected chi connectivity index (χ4v) is 4.27. The first-order valence-corrected chi connectivity index (χ1v) is 7.63. The van der Waals surface area contributed by atoms with Crippen molar-refractivity contribution < 1.29 is 47.7 Å². The van der Waals surface area contributed by atoms with Gasteiger partial charge in [0, 0.05) is 0 Å². The molecule has 0 fully saturated rings. The second kappa shape index (κ2) is 8.03. The van der Waals surface area contributed by atoms with E-state index in [1.165, 1.54) is 4.18 Å². The van der Waals surface area contributed by atoms with Crippen LogP contribution in [0, 0.1) is 0 Å². The topological polar surface area (TPSA) is 0 Å². The molecule has 0 heterocycles. The van der Waals surface area contributed by atoms with Crippen molar-refractivity contribution in [2.45, 2.75) is 14.8 Å². The van der Waals surface area contributed by atoms with E-state index in [1.54, 1.807) is 0 Å². The fraction of sp³-hybridized carbons (Fsp3) is 0.429. The van der Waals surface area contributed by atoms with Crippen LogP contribution in [0.25, 0.3) is 0 Å². The monoisotopic (exact) mass is 344 g/mol. The van der Waals surface area contributed by atoms with Crippen LogP contribution in [0.15, 0.2) is 24.3 Å². The van der Waals surface area contributed by atoms with Crippen LogP contribution >= 0.6 is 0 Å². The van der Waals surface area contributed by atoms with Crippen LogP contribution in [0.5, 0.6) is 0 Å². The predicted octanol–water partition coefficient (Wildman–Crippen LogP) is -3.57. The van der Waals surface area contributed by atoms with E-state index in [-0.39, 0.29) is 47.7 Å². The van der Waals surface area contributed by atoms with Gasteiger partial charge in [0.2, 0.25) is 0 Å². The van der Waals surface area contributed by atoms with Crippen LogP contribution in [-0.4, -0.2) is 0 Å². The Bertz CT molecular complexity index is 109. The average molecular weight is 344 g/mol. The molecule has 0 spiro atoms. The number of allylic oxidation sites excluding steroid dienone is 4. The first-order chi connectivity index (χ1) is 3.93. The molecule has 0 nitrogen and oxygen atoms in total. The van der Waals surface area contributed by atoms with Crippen molar-refractivity contribution in [2.24, 2.45) is 0 Å². The average Bonchev–Trinajstić information content (AvgIpc) is 2.19. The molecule has 0 atom stereocenters. The van der Waals surface area contributed by atoms with Crippen molar-refractivity contribution >= 4 is 0 Å². The Labute approximate surface area is 86.3 Å². The molecule has 3 heteroatoms. The summed E-state index contributed by atoms with van der Waals surface area (Å²) in [6.45, 7) is 2.31. The SMILES string of the molecule is C[CH2][Hf+2][CH]1C=CC=C1.[Cl-].[Cl-]. The van der Waals surface area contributed by atoms with Crippen LogP contribution in [-0.2, 0) is 22.9 Å². The standard InChI is InChI=1S/C5H5.C2H5.2ClH.Hf/c1-2-4-5-3-1;1-2;;;/h1-5H;1H2,2H3;2*1H;/q;;;;+2/p-2. The molecule has 0 aromatic heterocycles. The zero-order chi connectivity index (χ0) is 5.82. The maximum Gasteiger partial charge on any atom is -1.00 e. The molecule has 0 unspecified atom stereocenters. The molecule has 0 N–H and O–H groups in total. The molecule has 1 rings (SSSR count). The molecule has 1 aliphatic rings. The van der Waals surface area contributed by atoms with Gasteiger partial charge in [0.25, 0.3) is 0 Å². The smallest absolute Gasteiger partial charge is 1.00 e. The van der Waals surface area contributed by atoms with E-state index in [0.29, 0.717) is 0 Å². The molecule has 0 aliphatic heterocycles. The molecule has 0 aromatic carbocycles. The largest absolute Gasteiger partial charge is 1.00 e. The van der Waals surface area contributed by atoms with E-state index in [9.17, 15) is 0 Å². The first-order valence-electron chi connectivity index (χ1n) is 3.02. The van der Waals surface area contributed by atoms with Crippen molar-refractivity contribution in [3.05, 3.63) is 24.3 Å². The Hall–Kier alpha value is 0.930. The number of rotatable bonds is 2. The minimum Gasteiger partial charge on any atom is -1.00 e. The predicted molar refractivity (Wildman–Crippen MR) is 32.5 cm³/mol. The fourth-order valence-electron chi connectivity index (χ4n) is 0.804. The molecule has 0 saturated heterocycles. The van der Waals surface area contributed by atoms with E-state index in [0.717, 1.165) is 3.67 Å². The van der Waals surface area contributed by atoms with Crippen LogP contribution in [0.3, 0.4) is 0 Å². The van der Waals surface area contributed by atoms with Crippen LogP contribution < -0.4 is 24.8 Å². The van der Waals surface area contributed by atoms with E-state index >= 15 is 0 Å². The zero-order valence-corrected chi connectivity index (χ0v) is 11.0. The van der Waals surface area contributed by atoms with Gasteiger partial charge < -0.3 is 24.8 Å². The summed E-state index contributed by atoms with van der Waals surface area (Å²) < 4.78 is 2.43. The summed E-state index contributed by atoms with van der Waals surface area (Å²) in [6, 6.07) is 0. The van der Waals surface area contributed by atoms with E-state index in [1.807, 2.05) is 0 Å². The van der Waals surface area contributed by atoms with E-state index < -0.39 is 0 Å². The van der Waals surface area contributed by atoms with Gasteiger partial charge in [-0.05, 0) is 0 Å². The third-order valence-corrected chi connectivity index (χ3v) is 5.73. The Morgan fingerprint density at radius 1 is 1.20 bits per heavy atom. The van der Waals surface area contributed by atoms with Crippen molar-refractivity contribution in [2.75, 3.05) is 0 Å². The van der Waals surface area contributed by atoms with Crippen molar-refractivity contribution in [3.8, 4) is 0 Å². The molecule has 0 bridgehead atoms. The summed E-state index contributed by atoms with van der Waals surface area (Å²) >= 11 is -0.211. The molecule has 0 amide bonds. The number of halogens is 2. The molecule has 0 saturated carbocycles. The molecular weight excluding hydrogens is 333 g/mol. The van der Waals surface area contributed by atoms with Gasteiger partial charge in [0.1, 0.15) is 0 Å². The van der Waals surface area contributed by atoms with Gasteiger partial charge in [0.05, 0.1) is 0 Å². The summed E-state index contributed by atoms with van der Waals surface area (Å²) in [6.07, 6.45) is 9.03. The Balaban J connectivity index is 0. The van der Waals surface area contributed by atoms with Crippen molar-refractivity contribution in [3.63, 3.8) is 0 Å². The summed E-state index contributed by atoms with van der Waals surface area (Å²) in [7, 11) is 0. The Kier molecular flexibility index (Phi) is 10.9. The molecular formula is C7H10Cl2Hf. The molecule has 56 valence electrons. The van der Waals surface area contributed by atoms with Crippen LogP contribution in [0.2, 0.25) is 7.85 Å². The van der Waals surface area contributed by atoms with Gasteiger partial charge in [-0.3, -0.25) is 0 Å². The van der Waals surface area contributed by atoms with Gasteiger partial charge in [-0.1, -0.05) is 0 Å². The van der Waals surface area contributed by atoms with Gasteiger partial charge in [0.15, 0.2) is 0 Å². The Morgan fingerprint density at radius 3 is 2.10 bits per heavy atom. The van der Waals surface area contributed by atoms with Gasteiger partial charge >= 0.3 is 62.0 Å². The molecule has 0 aromatic rings. The third-order valence-electron chi connectivity index (χ3n) is 1.19. The summed E-state index contributed by atoms with van der Waals surface area (Å²) in [5, 5.41) is 0. The quantitative estimate of drug-likeness (QED) is 0.455. The van der Waals surface area contributed by atoms with Crippen LogP contribution in [0.1, 0.15) is 6.92 Å². The Morgan fingerprint density at radius 2 is 1.70 bits per heavy atom. The normalized spacial score (nSPS) is 13.7. The summed E-state index contributed by atoms with van der Waals surface area (Å²) in [4.78, 5) is 0. The van der Waals surface area contributed by atoms with Crippen molar-refractivity contribution in [1.29, 1.82) is 0 Å². The second-order valence-electron chi connectivity index (χ2n) is 1.85. The molecule has 10 heavy (non-hydrogen) atoms. The minimum absolute atomic E-state index is 0.